The van der Waals surface area contributed by atoms with Crippen molar-refractivity contribution in [3.8, 4) is 0 Å². The average molecular weight is 295 g/mol. The molecule has 0 aromatic carbocycles. The minimum Gasteiger partial charge on any atom is -0.0654 e. The number of hydrogen-bond acceptors (Lipinski definition) is 0. The van der Waals surface area contributed by atoms with E-state index in [1.54, 1.807) is 0 Å². The van der Waals surface area contributed by atoms with E-state index in [1.165, 1.54) is 122 Å². The molecule has 1 saturated carbocycles. The third-order valence-electron chi connectivity index (χ3n) is 5.44. The van der Waals surface area contributed by atoms with E-state index in [1.807, 2.05) is 0 Å². The van der Waals surface area contributed by atoms with E-state index in [0.29, 0.717) is 0 Å². The predicted octanol–water partition coefficient (Wildman–Crippen LogP) is 8.05. The van der Waals surface area contributed by atoms with Crippen LogP contribution in [0.5, 0.6) is 0 Å². The predicted molar refractivity (Wildman–Crippen MR) is 96.9 cm³/mol. The average Bonchev–Trinajstić information content (AvgIpc) is 2.49. The number of unbranched alkanes of at least 4 members (excludes halogenated alkanes) is 2. The van der Waals surface area contributed by atoms with Crippen molar-refractivity contribution >= 4 is 0 Å². The van der Waals surface area contributed by atoms with Gasteiger partial charge in [-0.3, -0.25) is 0 Å². The fourth-order valence-electron chi connectivity index (χ4n) is 3.93. The van der Waals surface area contributed by atoms with Crippen molar-refractivity contribution in [1.82, 2.24) is 0 Å². The van der Waals surface area contributed by atoms with Gasteiger partial charge in [0.2, 0.25) is 0 Å². The van der Waals surface area contributed by atoms with Crippen LogP contribution < -0.4 is 0 Å². The molecule has 126 valence electrons. The van der Waals surface area contributed by atoms with E-state index in [2.05, 4.69) is 6.92 Å². The monoisotopic (exact) mass is 294 g/mol. The second-order valence-electron chi connectivity index (χ2n) is 7.54. The molecule has 0 atom stereocenters. The fraction of sp³-hybridized carbons (Fsp3) is 1.00. The summed E-state index contributed by atoms with van der Waals surface area (Å²) >= 11 is 0. The summed E-state index contributed by atoms with van der Waals surface area (Å²) in [5, 5.41) is 0. The molecule has 0 aromatic heterocycles. The summed E-state index contributed by atoms with van der Waals surface area (Å²) in [6, 6.07) is 0. The molecule has 0 heterocycles. The molecule has 0 heteroatoms. The van der Waals surface area contributed by atoms with Crippen LogP contribution >= 0.6 is 0 Å². The lowest BCUT2D eigenvalue weighted by molar-refractivity contribution is 0.366. The van der Waals surface area contributed by atoms with Crippen molar-refractivity contribution in [3.05, 3.63) is 0 Å². The molecule has 0 bridgehead atoms. The molecular formula is C21H42. The SMILES string of the molecule is CCCCCC1CCCCCCCCCCCCCCC1. The van der Waals surface area contributed by atoms with Gasteiger partial charge in [-0.15, -0.1) is 0 Å². The smallest absolute Gasteiger partial charge is 0.0414 e. The molecule has 1 aliphatic carbocycles. The van der Waals surface area contributed by atoms with Gasteiger partial charge in [0.15, 0.2) is 0 Å². The maximum absolute atomic E-state index is 2.33. The highest BCUT2D eigenvalue weighted by molar-refractivity contribution is 4.62. The lowest BCUT2D eigenvalue weighted by Crippen LogP contribution is -2.01. The Labute approximate surface area is 135 Å². The maximum Gasteiger partial charge on any atom is -0.0414 e. The molecule has 0 unspecified atom stereocenters. The van der Waals surface area contributed by atoms with E-state index in [-0.39, 0.29) is 0 Å². The van der Waals surface area contributed by atoms with Gasteiger partial charge < -0.3 is 0 Å². The van der Waals surface area contributed by atoms with E-state index >= 15 is 0 Å². The van der Waals surface area contributed by atoms with E-state index < -0.39 is 0 Å². The van der Waals surface area contributed by atoms with Crippen molar-refractivity contribution in [2.75, 3.05) is 0 Å². The van der Waals surface area contributed by atoms with Gasteiger partial charge in [-0.2, -0.15) is 0 Å². The van der Waals surface area contributed by atoms with Crippen molar-refractivity contribution in [2.45, 2.75) is 129 Å². The fourth-order valence-corrected chi connectivity index (χ4v) is 3.93. The highest BCUT2D eigenvalue weighted by atomic mass is 14.1. The van der Waals surface area contributed by atoms with E-state index in [0.717, 1.165) is 5.92 Å². The van der Waals surface area contributed by atoms with Crippen LogP contribution in [0.4, 0.5) is 0 Å². The first-order valence-electron chi connectivity index (χ1n) is 10.4. The summed E-state index contributed by atoms with van der Waals surface area (Å²) in [6.45, 7) is 2.33. The lowest BCUT2D eigenvalue weighted by Gasteiger charge is -2.17. The van der Waals surface area contributed by atoms with Crippen LogP contribution in [0.25, 0.3) is 0 Å². The zero-order chi connectivity index (χ0) is 15.0. The number of hydrogen-bond donors (Lipinski definition) is 0. The molecule has 0 spiro atoms. The maximum atomic E-state index is 2.33. The highest BCUT2D eigenvalue weighted by Gasteiger charge is 2.08. The highest BCUT2D eigenvalue weighted by Crippen LogP contribution is 2.24. The zero-order valence-electron chi connectivity index (χ0n) is 15.0. The Morgan fingerprint density at radius 1 is 0.524 bits per heavy atom. The summed E-state index contributed by atoms with van der Waals surface area (Å²) in [7, 11) is 0. The Hall–Kier alpha value is 0. The van der Waals surface area contributed by atoms with Crippen molar-refractivity contribution in [1.29, 1.82) is 0 Å². The van der Waals surface area contributed by atoms with Gasteiger partial charge in [-0.1, -0.05) is 129 Å². The largest absolute Gasteiger partial charge is 0.0654 e. The van der Waals surface area contributed by atoms with Gasteiger partial charge in [0.25, 0.3) is 0 Å². The molecule has 0 aliphatic heterocycles. The summed E-state index contributed by atoms with van der Waals surface area (Å²) in [5.41, 5.74) is 0. The Bertz CT molecular complexity index is 180. The third kappa shape index (κ3) is 12.2. The van der Waals surface area contributed by atoms with Crippen LogP contribution in [0.1, 0.15) is 129 Å². The summed E-state index contributed by atoms with van der Waals surface area (Å²) in [5.74, 6) is 1.06. The second-order valence-corrected chi connectivity index (χ2v) is 7.54. The van der Waals surface area contributed by atoms with Gasteiger partial charge in [-0.25, -0.2) is 0 Å². The summed E-state index contributed by atoms with van der Waals surface area (Å²) in [6.07, 6.45) is 28.4. The van der Waals surface area contributed by atoms with Gasteiger partial charge in [-0.05, 0) is 5.92 Å². The molecule has 0 aromatic rings. The molecular weight excluding hydrogens is 252 g/mol. The molecule has 1 rings (SSSR count). The zero-order valence-corrected chi connectivity index (χ0v) is 15.0. The molecule has 0 amide bonds. The Morgan fingerprint density at radius 3 is 1.29 bits per heavy atom. The van der Waals surface area contributed by atoms with Crippen molar-refractivity contribution in [3.63, 3.8) is 0 Å². The minimum atomic E-state index is 1.06. The molecule has 0 N–H and O–H groups in total. The van der Waals surface area contributed by atoms with Crippen LogP contribution in [0.15, 0.2) is 0 Å². The number of rotatable bonds is 4. The normalized spacial score (nSPS) is 22.1. The minimum absolute atomic E-state index is 1.06. The van der Waals surface area contributed by atoms with Crippen molar-refractivity contribution < 1.29 is 0 Å². The van der Waals surface area contributed by atoms with Gasteiger partial charge in [0.05, 0.1) is 0 Å². The summed E-state index contributed by atoms with van der Waals surface area (Å²) < 4.78 is 0. The summed E-state index contributed by atoms with van der Waals surface area (Å²) in [4.78, 5) is 0. The Morgan fingerprint density at radius 2 is 0.905 bits per heavy atom. The second kappa shape index (κ2) is 14.9. The van der Waals surface area contributed by atoms with E-state index in [9.17, 15) is 0 Å². The first kappa shape index (κ1) is 19.0. The topological polar surface area (TPSA) is 0 Å². The molecule has 1 aliphatic rings. The van der Waals surface area contributed by atoms with Gasteiger partial charge in [0, 0.05) is 0 Å². The van der Waals surface area contributed by atoms with Gasteiger partial charge in [0.1, 0.15) is 0 Å². The van der Waals surface area contributed by atoms with Crippen LogP contribution in [0.3, 0.4) is 0 Å². The molecule has 1 fully saturated rings. The standard InChI is InChI=1S/C21H42/c1-2-3-15-18-21-19-16-13-11-9-7-5-4-6-8-10-12-14-17-20-21/h21H,2-20H2,1H3. The van der Waals surface area contributed by atoms with Crippen LogP contribution in [-0.4, -0.2) is 0 Å². The molecule has 0 nitrogen and oxygen atoms in total. The quantitative estimate of drug-likeness (QED) is 0.460. The molecule has 21 heavy (non-hydrogen) atoms. The molecule has 0 radical (unpaired) electrons. The Kier molecular flexibility index (Phi) is 13.5. The van der Waals surface area contributed by atoms with Gasteiger partial charge >= 0.3 is 0 Å². The third-order valence-corrected chi connectivity index (χ3v) is 5.44. The van der Waals surface area contributed by atoms with E-state index in [4.69, 9.17) is 0 Å². The Balaban J connectivity index is 2.21. The first-order chi connectivity index (χ1) is 10.4. The van der Waals surface area contributed by atoms with Crippen LogP contribution in [-0.2, 0) is 0 Å². The van der Waals surface area contributed by atoms with Crippen LogP contribution in [0, 0.1) is 5.92 Å². The first-order valence-corrected chi connectivity index (χ1v) is 10.4. The lowest BCUT2D eigenvalue weighted by atomic mass is 9.89. The van der Waals surface area contributed by atoms with Crippen LogP contribution in [0.2, 0.25) is 0 Å². The molecule has 0 saturated heterocycles. The van der Waals surface area contributed by atoms with Crippen molar-refractivity contribution in [2.24, 2.45) is 5.92 Å².